The maximum Gasteiger partial charge on any atom is 0.228 e. The summed E-state index contributed by atoms with van der Waals surface area (Å²) in [6.45, 7) is 1.69. The fourth-order valence-electron chi connectivity index (χ4n) is 3.58. The number of nitrogens with zero attached hydrogens (tertiary/aromatic N) is 2. The van der Waals surface area contributed by atoms with Gasteiger partial charge in [-0.05, 0) is 25.3 Å². The van der Waals surface area contributed by atoms with Gasteiger partial charge in [0, 0.05) is 36.1 Å². The second-order valence-electron chi connectivity index (χ2n) is 6.57. The number of likely N-dealkylation sites (tertiary alicyclic amines) is 1. The quantitative estimate of drug-likeness (QED) is 0.787. The summed E-state index contributed by atoms with van der Waals surface area (Å²) in [4.78, 5) is 19.3. The maximum atomic E-state index is 12.6. The first kappa shape index (κ1) is 21.5. The molecule has 2 aliphatic heterocycles. The first-order valence-electron chi connectivity index (χ1n) is 8.42. The summed E-state index contributed by atoms with van der Waals surface area (Å²) in [5, 5.41) is 7.15. The Morgan fingerprint density at radius 3 is 2.81 bits per heavy atom. The van der Waals surface area contributed by atoms with Gasteiger partial charge in [-0.1, -0.05) is 29.8 Å². The number of halogens is 3. The zero-order chi connectivity index (χ0) is 16.5. The molecule has 2 aromatic rings. The highest BCUT2D eigenvalue weighted by molar-refractivity contribution is 7.13. The number of thiazole rings is 1. The molecule has 0 aliphatic carbocycles. The molecule has 2 aliphatic rings. The Kier molecular flexibility index (Phi) is 7.74. The number of amides is 1. The summed E-state index contributed by atoms with van der Waals surface area (Å²) in [7, 11) is 0. The van der Waals surface area contributed by atoms with Gasteiger partial charge in [-0.3, -0.25) is 4.79 Å². The number of aromatic nitrogens is 1. The van der Waals surface area contributed by atoms with Crippen LogP contribution in [-0.2, 0) is 11.2 Å². The van der Waals surface area contributed by atoms with Crippen molar-refractivity contribution < 1.29 is 4.79 Å². The molecule has 2 fully saturated rings. The zero-order valence-electron chi connectivity index (χ0n) is 14.2. The Labute approximate surface area is 175 Å². The Morgan fingerprint density at radius 2 is 2.00 bits per heavy atom. The van der Waals surface area contributed by atoms with Crippen molar-refractivity contribution in [1.29, 1.82) is 0 Å². The van der Waals surface area contributed by atoms with E-state index in [1.165, 1.54) is 12.8 Å². The average molecular weight is 435 g/mol. The Balaban J connectivity index is 0.00000121. The molecule has 3 heterocycles. The highest BCUT2D eigenvalue weighted by atomic mass is 35.5. The van der Waals surface area contributed by atoms with E-state index in [4.69, 9.17) is 11.6 Å². The van der Waals surface area contributed by atoms with Gasteiger partial charge >= 0.3 is 0 Å². The van der Waals surface area contributed by atoms with Crippen molar-refractivity contribution >= 4 is 53.7 Å². The third-order valence-electron chi connectivity index (χ3n) is 4.86. The first-order valence-corrected chi connectivity index (χ1v) is 9.68. The molecule has 142 valence electrons. The minimum atomic E-state index is 0. The molecule has 1 N–H and O–H groups in total. The predicted molar refractivity (Wildman–Crippen MR) is 112 cm³/mol. The lowest BCUT2D eigenvalue weighted by atomic mass is 10.1. The summed E-state index contributed by atoms with van der Waals surface area (Å²) in [5.74, 6) is 0.181. The van der Waals surface area contributed by atoms with Gasteiger partial charge in [0.2, 0.25) is 5.91 Å². The van der Waals surface area contributed by atoms with Crippen LogP contribution in [-0.4, -0.2) is 41.0 Å². The fraction of sp³-hybridized carbons (Fsp3) is 0.444. The standard InChI is InChI=1S/C18H20ClN3OS.2ClH/c19-16-4-2-1-3-15(16)18-21-14(11-24-18)9-17(23)22-8-7-12-5-6-13(10-22)20-12;;/h1-4,11-13,20H,5-10H2;2*1H. The third-order valence-corrected chi connectivity index (χ3v) is 6.12. The van der Waals surface area contributed by atoms with Crippen LogP contribution >= 0.6 is 47.8 Å². The summed E-state index contributed by atoms with van der Waals surface area (Å²) in [6, 6.07) is 8.75. The van der Waals surface area contributed by atoms with E-state index in [2.05, 4.69) is 10.3 Å². The van der Waals surface area contributed by atoms with Crippen molar-refractivity contribution in [3.63, 3.8) is 0 Å². The molecule has 4 nitrogen and oxygen atoms in total. The number of nitrogens with one attached hydrogen (secondary N) is 1. The molecule has 8 heteroatoms. The van der Waals surface area contributed by atoms with Crippen molar-refractivity contribution in [2.45, 2.75) is 37.8 Å². The van der Waals surface area contributed by atoms with Gasteiger partial charge in [-0.15, -0.1) is 36.2 Å². The van der Waals surface area contributed by atoms with Crippen molar-refractivity contribution in [3.05, 3.63) is 40.4 Å². The Morgan fingerprint density at radius 1 is 1.23 bits per heavy atom. The number of hydrogen-bond acceptors (Lipinski definition) is 4. The molecular weight excluding hydrogens is 413 g/mol. The van der Waals surface area contributed by atoms with Crippen LogP contribution in [0.2, 0.25) is 5.02 Å². The molecule has 26 heavy (non-hydrogen) atoms. The number of rotatable bonds is 3. The van der Waals surface area contributed by atoms with Crippen LogP contribution < -0.4 is 5.32 Å². The predicted octanol–water partition coefficient (Wildman–Crippen LogP) is 4.20. The SMILES string of the molecule is Cl.Cl.O=C(Cc1csc(-c2ccccc2Cl)n1)N1CCC2CCC(C1)N2. The van der Waals surface area contributed by atoms with Gasteiger partial charge in [-0.2, -0.15) is 0 Å². The van der Waals surface area contributed by atoms with Crippen molar-refractivity contribution in [3.8, 4) is 10.6 Å². The van der Waals surface area contributed by atoms with E-state index in [-0.39, 0.29) is 30.7 Å². The highest BCUT2D eigenvalue weighted by Gasteiger charge is 2.31. The normalized spacial score (nSPS) is 21.5. The van der Waals surface area contributed by atoms with Crippen molar-refractivity contribution in [2.75, 3.05) is 13.1 Å². The van der Waals surface area contributed by atoms with Crippen LogP contribution in [0.25, 0.3) is 10.6 Å². The van der Waals surface area contributed by atoms with Crippen LogP contribution in [0.15, 0.2) is 29.6 Å². The monoisotopic (exact) mass is 433 g/mol. The van der Waals surface area contributed by atoms with Gasteiger partial charge in [0.1, 0.15) is 5.01 Å². The van der Waals surface area contributed by atoms with Crippen LogP contribution in [0.1, 0.15) is 25.0 Å². The topological polar surface area (TPSA) is 45.2 Å². The number of fused-ring (bicyclic) bond motifs is 2. The van der Waals surface area contributed by atoms with Crippen molar-refractivity contribution in [1.82, 2.24) is 15.2 Å². The number of carbonyl (C=O) groups excluding carboxylic acids is 1. The summed E-state index contributed by atoms with van der Waals surface area (Å²) in [5.41, 5.74) is 1.77. The van der Waals surface area contributed by atoms with E-state index in [0.29, 0.717) is 23.5 Å². The lowest BCUT2D eigenvalue weighted by Crippen LogP contribution is -2.39. The molecule has 2 atom stereocenters. The van der Waals surface area contributed by atoms with Gasteiger partial charge in [0.05, 0.1) is 17.1 Å². The average Bonchev–Trinajstić information content (AvgIpc) is 3.14. The molecule has 4 rings (SSSR count). The van der Waals surface area contributed by atoms with E-state index in [9.17, 15) is 4.79 Å². The second-order valence-corrected chi connectivity index (χ2v) is 7.83. The number of hydrogen-bond donors (Lipinski definition) is 1. The first-order chi connectivity index (χ1) is 11.7. The molecule has 0 spiro atoms. The highest BCUT2D eigenvalue weighted by Crippen LogP contribution is 2.30. The molecule has 0 radical (unpaired) electrons. The largest absolute Gasteiger partial charge is 0.341 e. The van der Waals surface area contributed by atoms with E-state index in [0.717, 1.165) is 35.8 Å². The summed E-state index contributed by atoms with van der Waals surface area (Å²) < 4.78 is 0. The lowest BCUT2D eigenvalue weighted by Gasteiger charge is -2.24. The molecular formula is C18H22Cl3N3OS. The van der Waals surface area contributed by atoms with Gasteiger partial charge in [0.15, 0.2) is 0 Å². The molecule has 0 saturated carbocycles. The van der Waals surface area contributed by atoms with Gasteiger partial charge < -0.3 is 10.2 Å². The minimum absolute atomic E-state index is 0. The van der Waals surface area contributed by atoms with Crippen LogP contribution in [0, 0.1) is 0 Å². The molecule has 2 saturated heterocycles. The Hall–Kier alpha value is -0.850. The second kappa shape index (κ2) is 9.38. The van der Waals surface area contributed by atoms with Crippen LogP contribution in [0.3, 0.4) is 0 Å². The van der Waals surface area contributed by atoms with Crippen molar-refractivity contribution in [2.24, 2.45) is 0 Å². The van der Waals surface area contributed by atoms with E-state index >= 15 is 0 Å². The number of carbonyl (C=O) groups is 1. The maximum absolute atomic E-state index is 12.6. The minimum Gasteiger partial charge on any atom is -0.341 e. The van der Waals surface area contributed by atoms with E-state index in [1.54, 1.807) is 11.3 Å². The van der Waals surface area contributed by atoms with Crippen LogP contribution in [0.5, 0.6) is 0 Å². The summed E-state index contributed by atoms with van der Waals surface area (Å²) >= 11 is 7.78. The van der Waals surface area contributed by atoms with E-state index < -0.39 is 0 Å². The molecule has 2 unspecified atom stereocenters. The summed E-state index contributed by atoms with van der Waals surface area (Å²) in [6.07, 6.45) is 3.87. The fourth-order valence-corrected chi connectivity index (χ4v) is 4.72. The molecule has 1 aromatic carbocycles. The lowest BCUT2D eigenvalue weighted by molar-refractivity contribution is -0.130. The molecule has 1 amide bonds. The smallest absolute Gasteiger partial charge is 0.228 e. The number of benzene rings is 1. The molecule has 1 aromatic heterocycles. The zero-order valence-corrected chi connectivity index (χ0v) is 17.4. The van der Waals surface area contributed by atoms with Gasteiger partial charge in [-0.25, -0.2) is 4.98 Å². The van der Waals surface area contributed by atoms with Gasteiger partial charge in [0.25, 0.3) is 0 Å². The Bertz CT molecular complexity index is 755. The molecule has 2 bridgehead atoms. The third kappa shape index (κ3) is 4.70. The van der Waals surface area contributed by atoms with Crippen LogP contribution in [0.4, 0.5) is 0 Å². The van der Waals surface area contributed by atoms with E-state index in [1.807, 2.05) is 34.5 Å².